The van der Waals surface area contributed by atoms with Crippen LogP contribution in [-0.2, 0) is 17.9 Å². The Morgan fingerprint density at radius 3 is 2.86 bits per heavy atom. The molecule has 2 heterocycles. The van der Waals surface area contributed by atoms with Gasteiger partial charge in [0, 0.05) is 13.1 Å². The number of nitrogens with one attached hydrogen (secondary N) is 1. The standard InChI is InChI=1S/C21H21N3O4S/c1-3-24-20(26)15-6-4-5-7-16(15)23-21(24)29-13(2)19(25)22-11-14-8-9-17-18(10-14)28-12-27-17/h4-10,13H,3,11-12H2,1-2H3,(H,22,25)/t13-/m0/s1. The van der Waals surface area contributed by atoms with Crippen molar-refractivity contribution in [1.82, 2.24) is 14.9 Å². The van der Waals surface area contributed by atoms with E-state index in [2.05, 4.69) is 10.3 Å². The van der Waals surface area contributed by atoms with E-state index in [0.29, 0.717) is 40.6 Å². The smallest absolute Gasteiger partial charge is 0.262 e. The van der Waals surface area contributed by atoms with Crippen LogP contribution in [0.3, 0.4) is 0 Å². The number of amides is 1. The molecule has 29 heavy (non-hydrogen) atoms. The highest BCUT2D eigenvalue weighted by molar-refractivity contribution is 8.00. The molecule has 1 atom stereocenters. The zero-order valence-corrected chi connectivity index (χ0v) is 17.0. The maximum Gasteiger partial charge on any atom is 0.262 e. The third-order valence-corrected chi connectivity index (χ3v) is 5.79. The molecule has 0 radical (unpaired) electrons. The van der Waals surface area contributed by atoms with Crippen LogP contribution < -0.4 is 20.3 Å². The lowest BCUT2D eigenvalue weighted by atomic mass is 10.2. The van der Waals surface area contributed by atoms with Gasteiger partial charge in [-0.25, -0.2) is 4.98 Å². The summed E-state index contributed by atoms with van der Waals surface area (Å²) in [5, 5.41) is 3.65. The van der Waals surface area contributed by atoms with Gasteiger partial charge in [-0.3, -0.25) is 14.2 Å². The molecule has 2 aromatic carbocycles. The van der Waals surface area contributed by atoms with Crippen molar-refractivity contribution in [2.24, 2.45) is 0 Å². The van der Waals surface area contributed by atoms with E-state index >= 15 is 0 Å². The predicted molar refractivity (Wildman–Crippen MR) is 111 cm³/mol. The molecule has 0 spiro atoms. The molecular weight excluding hydrogens is 390 g/mol. The Bertz CT molecular complexity index is 1130. The first-order valence-electron chi connectivity index (χ1n) is 9.39. The first kappa shape index (κ1) is 19.3. The summed E-state index contributed by atoms with van der Waals surface area (Å²) >= 11 is 1.28. The second-order valence-corrected chi connectivity index (χ2v) is 7.93. The van der Waals surface area contributed by atoms with Crippen LogP contribution >= 0.6 is 11.8 Å². The number of nitrogens with zero attached hydrogens (tertiary/aromatic N) is 2. The van der Waals surface area contributed by atoms with Gasteiger partial charge in [-0.15, -0.1) is 0 Å². The van der Waals surface area contributed by atoms with Gasteiger partial charge in [0.25, 0.3) is 5.56 Å². The number of thioether (sulfide) groups is 1. The summed E-state index contributed by atoms with van der Waals surface area (Å²) in [5.41, 5.74) is 1.47. The minimum Gasteiger partial charge on any atom is -0.454 e. The zero-order chi connectivity index (χ0) is 20.4. The Balaban J connectivity index is 1.46. The van der Waals surface area contributed by atoms with Crippen molar-refractivity contribution in [2.75, 3.05) is 6.79 Å². The summed E-state index contributed by atoms with van der Waals surface area (Å²) < 4.78 is 12.3. The first-order chi connectivity index (χ1) is 14.1. The molecule has 0 saturated heterocycles. The van der Waals surface area contributed by atoms with Crippen molar-refractivity contribution in [1.29, 1.82) is 0 Å². The maximum absolute atomic E-state index is 12.7. The molecule has 1 aliphatic rings. The van der Waals surface area contributed by atoms with Crippen LogP contribution in [0.1, 0.15) is 19.4 Å². The minimum atomic E-state index is -0.408. The highest BCUT2D eigenvalue weighted by Crippen LogP contribution is 2.32. The lowest BCUT2D eigenvalue weighted by molar-refractivity contribution is -0.120. The summed E-state index contributed by atoms with van der Waals surface area (Å²) in [6.07, 6.45) is 0. The zero-order valence-electron chi connectivity index (χ0n) is 16.2. The van der Waals surface area contributed by atoms with Crippen molar-refractivity contribution in [3.05, 3.63) is 58.4 Å². The van der Waals surface area contributed by atoms with Gasteiger partial charge in [0.15, 0.2) is 16.7 Å². The second kappa shape index (κ2) is 8.16. The number of fused-ring (bicyclic) bond motifs is 2. The van der Waals surface area contributed by atoms with Crippen LogP contribution in [0.25, 0.3) is 10.9 Å². The van der Waals surface area contributed by atoms with E-state index in [1.165, 1.54) is 11.8 Å². The Kier molecular flexibility index (Phi) is 5.44. The molecule has 4 rings (SSSR count). The topological polar surface area (TPSA) is 82.5 Å². The molecule has 1 aromatic heterocycles. The van der Waals surface area contributed by atoms with Gasteiger partial charge in [0.05, 0.1) is 16.2 Å². The van der Waals surface area contributed by atoms with Gasteiger partial charge in [0.2, 0.25) is 12.7 Å². The molecule has 8 heteroatoms. The van der Waals surface area contributed by atoms with Crippen LogP contribution in [0, 0.1) is 0 Å². The number of benzene rings is 2. The molecule has 150 valence electrons. The quantitative estimate of drug-likeness (QED) is 0.496. The summed E-state index contributed by atoms with van der Waals surface area (Å²) in [4.78, 5) is 29.9. The minimum absolute atomic E-state index is 0.0893. The molecule has 1 aliphatic heterocycles. The molecule has 0 aliphatic carbocycles. The van der Waals surface area contributed by atoms with Crippen molar-refractivity contribution in [3.8, 4) is 11.5 Å². The lowest BCUT2D eigenvalue weighted by Crippen LogP contribution is -2.31. The molecule has 0 fully saturated rings. The fourth-order valence-electron chi connectivity index (χ4n) is 3.11. The molecule has 3 aromatic rings. The van der Waals surface area contributed by atoms with Gasteiger partial charge in [0.1, 0.15) is 0 Å². The van der Waals surface area contributed by atoms with Gasteiger partial charge in [-0.1, -0.05) is 30.0 Å². The average Bonchev–Trinajstić information content (AvgIpc) is 3.20. The van der Waals surface area contributed by atoms with Crippen LogP contribution in [0.2, 0.25) is 0 Å². The van der Waals surface area contributed by atoms with E-state index in [1.54, 1.807) is 17.6 Å². The lowest BCUT2D eigenvalue weighted by Gasteiger charge is -2.15. The van der Waals surface area contributed by atoms with Crippen molar-refractivity contribution in [2.45, 2.75) is 37.3 Å². The molecular formula is C21H21N3O4S. The van der Waals surface area contributed by atoms with E-state index in [-0.39, 0.29) is 18.3 Å². The Hall–Kier alpha value is -3.00. The van der Waals surface area contributed by atoms with E-state index < -0.39 is 5.25 Å². The number of carbonyl (C=O) groups is 1. The second-order valence-electron chi connectivity index (χ2n) is 6.63. The Morgan fingerprint density at radius 1 is 1.24 bits per heavy atom. The third kappa shape index (κ3) is 3.93. The van der Waals surface area contributed by atoms with Crippen molar-refractivity contribution >= 4 is 28.6 Å². The number of rotatable bonds is 6. The number of hydrogen-bond acceptors (Lipinski definition) is 6. The molecule has 0 bridgehead atoms. The van der Waals surface area contributed by atoms with E-state index in [1.807, 2.05) is 43.3 Å². The molecule has 0 unspecified atom stereocenters. The van der Waals surface area contributed by atoms with Crippen LogP contribution in [0.5, 0.6) is 11.5 Å². The van der Waals surface area contributed by atoms with E-state index in [9.17, 15) is 9.59 Å². The molecule has 0 saturated carbocycles. The number of aromatic nitrogens is 2. The normalized spacial score (nSPS) is 13.4. The van der Waals surface area contributed by atoms with Crippen LogP contribution in [0.4, 0.5) is 0 Å². The fourth-order valence-corrected chi connectivity index (χ4v) is 4.11. The van der Waals surface area contributed by atoms with Gasteiger partial charge in [-0.2, -0.15) is 0 Å². The summed E-state index contributed by atoms with van der Waals surface area (Å²) in [6, 6.07) is 12.8. The average molecular weight is 411 g/mol. The van der Waals surface area contributed by atoms with Gasteiger partial charge in [-0.05, 0) is 43.7 Å². The van der Waals surface area contributed by atoms with Crippen molar-refractivity contribution < 1.29 is 14.3 Å². The third-order valence-electron chi connectivity index (χ3n) is 4.70. The van der Waals surface area contributed by atoms with E-state index in [0.717, 1.165) is 5.56 Å². The Morgan fingerprint density at radius 2 is 2.03 bits per heavy atom. The highest BCUT2D eigenvalue weighted by Gasteiger charge is 2.19. The number of ether oxygens (including phenoxy) is 2. The number of hydrogen-bond donors (Lipinski definition) is 1. The fraction of sp³-hybridized carbons (Fsp3) is 0.286. The summed E-state index contributed by atoms with van der Waals surface area (Å²) in [5.74, 6) is 1.27. The molecule has 7 nitrogen and oxygen atoms in total. The predicted octanol–water partition coefficient (Wildman–Crippen LogP) is 2.94. The van der Waals surface area contributed by atoms with Gasteiger partial charge >= 0.3 is 0 Å². The Labute approximate surface area is 172 Å². The summed E-state index contributed by atoms with van der Waals surface area (Å²) in [6.45, 7) is 4.79. The maximum atomic E-state index is 12.7. The number of para-hydroxylation sites is 1. The van der Waals surface area contributed by atoms with Crippen molar-refractivity contribution in [3.63, 3.8) is 0 Å². The SMILES string of the molecule is CCn1c(S[C@@H](C)C(=O)NCc2ccc3c(c2)OCO3)nc2ccccc2c1=O. The number of carbonyl (C=O) groups excluding carboxylic acids is 1. The van der Waals surface area contributed by atoms with Crippen LogP contribution in [-0.4, -0.2) is 27.5 Å². The van der Waals surface area contributed by atoms with Crippen LogP contribution in [0.15, 0.2) is 52.4 Å². The molecule has 1 N–H and O–H groups in total. The first-order valence-corrected chi connectivity index (χ1v) is 10.3. The highest BCUT2D eigenvalue weighted by atomic mass is 32.2. The van der Waals surface area contributed by atoms with Gasteiger partial charge < -0.3 is 14.8 Å². The largest absolute Gasteiger partial charge is 0.454 e. The van der Waals surface area contributed by atoms with E-state index in [4.69, 9.17) is 9.47 Å². The summed E-state index contributed by atoms with van der Waals surface area (Å²) in [7, 11) is 0. The molecule has 1 amide bonds. The monoisotopic (exact) mass is 411 g/mol.